The van der Waals surface area contributed by atoms with Gasteiger partial charge in [0.1, 0.15) is 5.75 Å². The summed E-state index contributed by atoms with van der Waals surface area (Å²) in [6.45, 7) is -0.393. The number of anilines is 1. The van der Waals surface area contributed by atoms with E-state index in [1.807, 2.05) is 37.3 Å². The predicted octanol–water partition coefficient (Wildman–Crippen LogP) is 4.09. The third-order valence-electron chi connectivity index (χ3n) is 3.74. The van der Waals surface area contributed by atoms with Crippen LogP contribution in [-0.4, -0.2) is 22.3 Å². The zero-order valence-corrected chi connectivity index (χ0v) is 14.0. The van der Waals surface area contributed by atoms with Crippen molar-refractivity contribution >= 4 is 11.7 Å². The zero-order chi connectivity index (χ0) is 18.5. The number of hydrogen-bond acceptors (Lipinski definition) is 3. The van der Waals surface area contributed by atoms with Gasteiger partial charge in [0, 0.05) is 17.3 Å². The molecule has 0 bridgehead atoms. The number of aryl methyl sites for hydroxylation is 1. The predicted molar refractivity (Wildman–Crippen MR) is 93.5 cm³/mol. The number of alkyl halides is 2. The molecule has 3 rings (SSSR count). The lowest BCUT2D eigenvalue weighted by Crippen LogP contribution is -2.13. The fraction of sp³-hybridized carbons (Fsp3) is 0.158. The van der Waals surface area contributed by atoms with Crippen LogP contribution < -0.4 is 10.1 Å². The minimum atomic E-state index is -2.90. The van der Waals surface area contributed by atoms with E-state index in [-0.39, 0.29) is 11.7 Å². The third kappa shape index (κ3) is 4.44. The van der Waals surface area contributed by atoms with Crippen molar-refractivity contribution in [3.05, 3.63) is 77.5 Å². The highest BCUT2D eigenvalue weighted by molar-refractivity contribution is 6.03. The van der Waals surface area contributed by atoms with Crippen LogP contribution >= 0.6 is 0 Å². The maximum absolute atomic E-state index is 12.3. The van der Waals surface area contributed by atoms with Crippen LogP contribution in [0.25, 0.3) is 0 Å². The number of ether oxygens (including phenoxy) is 1. The quantitative estimate of drug-likeness (QED) is 0.723. The number of nitrogens with zero attached hydrogens (tertiary/aromatic N) is 2. The van der Waals surface area contributed by atoms with Crippen LogP contribution in [0, 0.1) is 6.92 Å². The van der Waals surface area contributed by atoms with Crippen molar-refractivity contribution in [1.82, 2.24) is 9.78 Å². The largest absolute Gasteiger partial charge is 0.435 e. The maximum atomic E-state index is 12.3. The highest BCUT2D eigenvalue weighted by Gasteiger charge is 2.11. The summed E-state index contributed by atoms with van der Waals surface area (Å²) in [7, 11) is 0. The molecule has 3 aromatic rings. The van der Waals surface area contributed by atoms with Crippen molar-refractivity contribution in [3.63, 3.8) is 0 Å². The lowest BCUT2D eigenvalue weighted by molar-refractivity contribution is -0.0498. The van der Waals surface area contributed by atoms with Gasteiger partial charge in [0.25, 0.3) is 5.91 Å². The summed E-state index contributed by atoms with van der Waals surface area (Å²) in [5.74, 6) is 0.0498. The van der Waals surface area contributed by atoms with Gasteiger partial charge in [-0.3, -0.25) is 9.48 Å². The molecule has 26 heavy (non-hydrogen) atoms. The first kappa shape index (κ1) is 17.6. The van der Waals surface area contributed by atoms with Crippen LogP contribution in [0.2, 0.25) is 0 Å². The summed E-state index contributed by atoms with van der Waals surface area (Å²) in [5, 5.41) is 7.09. The Hall–Kier alpha value is -3.22. The van der Waals surface area contributed by atoms with Crippen molar-refractivity contribution in [2.24, 2.45) is 0 Å². The monoisotopic (exact) mass is 357 g/mol. The molecule has 1 heterocycles. The van der Waals surface area contributed by atoms with Crippen LogP contribution in [0.1, 0.15) is 21.6 Å². The molecule has 0 aliphatic carbocycles. The van der Waals surface area contributed by atoms with Crippen LogP contribution in [0.3, 0.4) is 0 Å². The van der Waals surface area contributed by atoms with E-state index >= 15 is 0 Å². The van der Waals surface area contributed by atoms with Gasteiger partial charge >= 0.3 is 6.61 Å². The molecule has 7 heteroatoms. The van der Waals surface area contributed by atoms with Gasteiger partial charge in [-0.05, 0) is 36.8 Å². The van der Waals surface area contributed by atoms with Gasteiger partial charge < -0.3 is 10.1 Å². The number of carbonyl (C=O) groups excluding carboxylic acids is 1. The molecule has 0 radical (unpaired) electrons. The Morgan fingerprint density at radius 1 is 1.15 bits per heavy atom. The van der Waals surface area contributed by atoms with Gasteiger partial charge in [-0.1, -0.05) is 30.3 Å². The summed E-state index contributed by atoms with van der Waals surface area (Å²) < 4.78 is 30.4. The van der Waals surface area contributed by atoms with Gasteiger partial charge in [-0.25, -0.2) is 0 Å². The van der Waals surface area contributed by atoms with E-state index in [1.54, 1.807) is 10.7 Å². The molecular formula is C19H17F2N3O2. The molecule has 134 valence electrons. The van der Waals surface area contributed by atoms with Gasteiger partial charge in [-0.2, -0.15) is 13.9 Å². The Labute approximate surface area is 149 Å². The fourth-order valence-electron chi connectivity index (χ4n) is 2.46. The van der Waals surface area contributed by atoms with E-state index in [0.29, 0.717) is 17.9 Å². The van der Waals surface area contributed by atoms with Crippen LogP contribution in [-0.2, 0) is 6.54 Å². The molecule has 0 unspecified atom stereocenters. The van der Waals surface area contributed by atoms with E-state index < -0.39 is 6.61 Å². The topological polar surface area (TPSA) is 56.1 Å². The van der Waals surface area contributed by atoms with Gasteiger partial charge in [0.2, 0.25) is 0 Å². The maximum Gasteiger partial charge on any atom is 0.387 e. The number of amides is 1. The summed E-state index contributed by atoms with van der Waals surface area (Å²) in [6.07, 6.45) is 0. The van der Waals surface area contributed by atoms with Crippen LogP contribution in [0.5, 0.6) is 5.75 Å². The number of aromatic nitrogens is 2. The zero-order valence-electron chi connectivity index (χ0n) is 14.0. The second-order valence-corrected chi connectivity index (χ2v) is 5.67. The van der Waals surface area contributed by atoms with Gasteiger partial charge in [0.15, 0.2) is 5.82 Å². The first-order chi connectivity index (χ1) is 12.5. The van der Waals surface area contributed by atoms with E-state index in [0.717, 1.165) is 11.3 Å². The van der Waals surface area contributed by atoms with Crippen molar-refractivity contribution in [2.75, 3.05) is 5.32 Å². The molecule has 0 fully saturated rings. The first-order valence-corrected chi connectivity index (χ1v) is 7.96. The summed E-state index contributed by atoms with van der Waals surface area (Å²) >= 11 is 0. The Morgan fingerprint density at radius 2 is 1.85 bits per heavy atom. The number of benzene rings is 2. The number of halogens is 2. The molecule has 1 aromatic heterocycles. The molecule has 1 amide bonds. The van der Waals surface area contributed by atoms with E-state index in [4.69, 9.17) is 0 Å². The van der Waals surface area contributed by atoms with Crippen molar-refractivity contribution < 1.29 is 18.3 Å². The lowest BCUT2D eigenvalue weighted by Gasteiger charge is -2.06. The molecule has 0 spiro atoms. The highest BCUT2D eigenvalue weighted by atomic mass is 19.3. The minimum absolute atomic E-state index is 0.000432. The average molecular weight is 357 g/mol. The number of hydrogen-bond donors (Lipinski definition) is 1. The van der Waals surface area contributed by atoms with E-state index in [9.17, 15) is 13.6 Å². The molecule has 0 saturated carbocycles. The van der Waals surface area contributed by atoms with Crippen LogP contribution in [0.4, 0.5) is 14.6 Å². The van der Waals surface area contributed by atoms with E-state index in [1.165, 1.54) is 24.3 Å². The Balaban J connectivity index is 1.67. The first-order valence-electron chi connectivity index (χ1n) is 7.96. The lowest BCUT2D eigenvalue weighted by atomic mass is 10.2. The molecule has 0 saturated heterocycles. The van der Waals surface area contributed by atoms with Crippen LogP contribution in [0.15, 0.2) is 60.7 Å². The molecule has 0 atom stereocenters. The molecular weight excluding hydrogens is 340 g/mol. The number of nitrogens with one attached hydrogen (secondary N) is 1. The van der Waals surface area contributed by atoms with Crippen molar-refractivity contribution in [1.29, 1.82) is 0 Å². The van der Waals surface area contributed by atoms with Crippen molar-refractivity contribution in [3.8, 4) is 5.75 Å². The van der Waals surface area contributed by atoms with Crippen molar-refractivity contribution in [2.45, 2.75) is 20.1 Å². The van der Waals surface area contributed by atoms with Gasteiger partial charge in [0.05, 0.1) is 6.54 Å². The number of rotatable bonds is 6. The molecule has 1 N–H and O–H groups in total. The standard InChI is InChI=1S/C19H17F2N3O2/c1-13-11-17(23-24(13)12-14-5-3-2-4-6-14)22-18(25)15-7-9-16(10-8-15)26-19(20)21/h2-11,19H,12H2,1H3,(H,22,23,25). The second kappa shape index (κ2) is 7.77. The Kier molecular flexibility index (Phi) is 5.26. The van der Waals surface area contributed by atoms with E-state index in [2.05, 4.69) is 15.2 Å². The SMILES string of the molecule is Cc1cc(NC(=O)c2ccc(OC(F)F)cc2)nn1Cc1ccccc1. The third-order valence-corrected chi connectivity index (χ3v) is 3.74. The summed E-state index contributed by atoms with van der Waals surface area (Å²) in [6, 6.07) is 17.1. The minimum Gasteiger partial charge on any atom is -0.435 e. The van der Waals surface area contributed by atoms with Gasteiger partial charge in [-0.15, -0.1) is 0 Å². The fourth-order valence-corrected chi connectivity index (χ4v) is 2.46. The number of carbonyl (C=O) groups is 1. The summed E-state index contributed by atoms with van der Waals surface area (Å²) in [5.41, 5.74) is 2.33. The molecule has 5 nitrogen and oxygen atoms in total. The normalized spacial score (nSPS) is 10.8. The molecule has 2 aromatic carbocycles. The second-order valence-electron chi connectivity index (χ2n) is 5.67. The molecule has 0 aliphatic rings. The molecule has 0 aliphatic heterocycles. The smallest absolute Gasteiger partial charge is 0.387 e. The Bertz CT molecular complexity index is 878. The summed E-state index contributed by atoms with van der Waals surface area (Å²) in [4.78, 5) is 12.3. The Morgan fingerprint density at radius 3 is 2.50 bits per heavy atom. The average Bonchev–Trinajstić information content (AvgIpc) is 2.95. The highest BCUT2D eigenvalue weighted by Crippen LogP contribution is 2.17.